The third-order valence-electron chi connectivity index (χ3n) is 3.64. The van der Waals surface area contributed by atoms with Gasteiger partial charge in [0.1, 0.15) is 5.75 Å². The summed E-state index contributed by atoms with van der Waals surface area (Å²) >= 11 is 0. The number of carbonyl (C=O) groups is 2. The lowest BCUT2D eigenvalue weighted by Crippen LogP contribution is -2.30. The normalized spacial score (nSPS) is 11.0. The number of ketones is 1. The molecule has 0 atom stereocenters. The van der Waals surface area contributed by atoms with Crippen molar-refractivity contribution in [2.45, 2.75) is 25.9 Å². The van der Waals surface area contributed by atoms with Crippen molar-refractivity contribution in [2.75, 3.05) is 12.0 Å². The summed E-state index contributed by atoms with van der Waals surface area (Å²) in [6, 6.07) is 11.3. The Hall–Kier alpha value is -3.03. The molecule has 0 radical (unpaired) electrons. The quantitative estimate of drug-likeness (QED) is 0.532. The second-order valence-electron chi connectivity index (χ2n) is 5.60. The molecular weight excluding hydrogens is 361 g/mol. The minimum Gasteiger partial charge on any atom is -0.494 e. The molecule has 2 N–H and O–H groups in total. The largest absolute Gasteiger partial charge is 0.494 e. The standard InChI is InChI=1S/C19H19F3N2O3/c1-2-27-14-9-7-13(8-10-14)17(25)11-12-18(26)24-23-16-6-4-3-5-15(16)19(20,21)22/h3-10,23H,2,11-12H2,1H3,(H,24,26). The fraction of sp³-hybridized carbons (Fsp3) is 0.263. The Kier molecular flexibility index (Phi) is 6.81. The Balaban J connectivity index is 1.85. The second-order valence-corrected chi connectivity index (χ2v) is 5.60. The van der Waals surface area contributed by atoms with Crippen LogP contribution in [0.25, 0.3) is 0 Å². The molecule has 0 fully saturated rings. The highest BCUT2D eigenvalue weighted by molar-refractivity contribution is 5.98. The van der Waals surface area contributed by atoms with Crippen LogP contribution >= 0.6 is 0 Å². The Morgan fingerprint density at radius 3 is 2.30 bits per heavy atom. The van der Waals surface area contributed by atoms with Gasteiger partial charge in [0.15, 0.2) is 5.78 Å². The highest BCUT2D eigenvalue weighted by Crippen LogP contribution is 2.34. The summed E-state index contributed by atoms with van der Waals surface area (Å²) in [5, 5.41) is 0. The number of hydrogen-bond donors (Lipinski definition) is 2. The van der Waals surface area contributed by atoms with E-state index in [0.717, 1.165) is 6.07 Å². The minimum atomic E-state index is -4.54. The third kappa shape index (κ3) is 6.02. The summed E-state index contributed by atoms with van der Waals surface area (Å²) in [5.74, 6) is -0.200. The first-order valence-corrected chi connectivity index (χ1v) is 8.28. The van der Waals surface area contributed by atoms with E-state index in [1.165, 1.54) is 18.2 Å². The molecule has 8 heteroatoms. The number of benzene rings is 2. The van der Waals surface area contributed by atoms with E-state index in [1.54, 1.807) is 24.3 Å². The average Bonchev–Trinajstić information content (AvgIpc) is 2.65. The van der Waals surface area contributed by atoms with Gasteiger partial charge in [-0.2, -0.15) is 13.2 Å². The number of halogens is 3. The number of rotatable bonds is 8. The Morgan fingerprint density at radius 2 is 1.67 bits per heavy atom. The summed E-state index contributed by atoms with van der Waals surface area (Å²) in [7, 11) is 0. The number of amides is 1. The molecule has 0 aliphatic heterocycles. The van der Waals surface area contributed by atoms with Gasteiger partial charge < -0.3 is 4.74 Å². The number of para-hydroxylation sites is 1. The number of hydrazine groups is 1. The molecule has 144 valence electrons. The zero-order valence-corrected chi connectivity index (χ0v) is 14.6. The molecule has 5 nitrogen and oxygen atoms in total. The second kappa shape index (κ2) is 9.07. The molecule has 0 aromatic heterocycles. The van der Waals surface area contributed by atoms with Gasteiger partial charge in [-0.1, -0.05) is 12.1 Å². The van der Waals surface area contributed by atoms with Crippen LogP contribution in [0.2, 0.25) is 0 Å². The summed E-state index contributed by atoms with van der Waals surface area (Å²) in [4.78, 5) is 23.9. The third-order valence-corrected chi connectivity index (χ3v) is 3.64. The van der Waals surface area contributed by atoms with E-state index in [2.05, 4.69) is 10.9 Å². The predicted octanol–water partition coefficient (Wildman–Crippen LogP) is 4.21. The molecule has 0 heterocycles. The number of ether oxygens (including phenoxy) is 1. The summed E-state index contributed by atoms with van der Waals surface area (Å²) in [6.45, 7) is 2.36. The van der Waals surface area contributed by atoms with Crippen molar-refractivity contribution in [3.8, 4) is 5.75 Å². The first-order valence-electron chi connectivity index (χ1n) is 8.28. The first kappa shape index (κ1) is 20.3. The number of alkyl halides is 3. The van der Waals surface area contributed by atoms with Crippen molar-refractivity contribution in [3.05, 3.63) is 59.7 Å². The number of Topliss-reactive ketones (excluding diaryl/α,β-unsaturated/α-hetero) is 1. The maximum absolute atomic E-state index is 12.9. The highest BCUT2D eigenvalue weighted by Gasteiger charge is 2.33. The molecule has 2 aromatic carbocycles. The Labute approximate surface area is 154 Å². The van der Waals surface area contributed by atoms with Gasteiger partial charge in [-0.15, -0.1) is 0 Å². The van der Waals surface area contributed by atoms with E-state index in [-0.39, 0.29) is 24.3 Å². The molecular formula is C19H19F3N2O3. The van der Waals surface area contributed by atoms with Gasteiger partial charge in [0, 0.05) is 18.4 Å². The van der Waals surface area contributed by atoms with Crippen molar-refractivity contribution in [1.82, 2.24) is 5.43 Å². The average molecular weight is 380 g/mol. The number of carbonyl (C=O) groups excluding carboxylic acids is 2. The summed E-state index contributed by atoms with van der Waals surface area (Å²) in [6.07, 6.45) is -4.77. The predicted molar refractivity (Wildman–Crippen MR) is 94.4 cm³/mol. The number of nitrogens with one attached hydrogen (secondary N) is 2. The SMILES string of the molecule is CCOc1ccc(C(=O)CCC(=O)NNc2ccccc2C(F)(F)F)cc1. The minimum absolute atomic E-state index is 0.0671. The lowest BCUT2D eigenvalue weighted by molar-refractivity contribution is -0.137. The van der Waals surface area contributed by atoms with Crippen LogP contribution in [-0.4, -0.2) is 18.3 Å². The molecule has 2 rings (SSSR count). The van der Waals surface area contributed by atoms with E-state index >= 15 is 0 Å². The van der Waals surface area contributed by atoms with Crippen LogP contribution in [0.1, 0.15) is 35.7 Å². The zero-order chi connectivity index (χ0) is 19.9. The van der Waals surface area contributed by atoms with Crippen LogP contribution < -0.4 is 15.6 Å². The van der Waals surface area contributed by atoms with Crippen LogP contribution in [0.15, 0.2) is 48.5 Å². The monoisotopic (exact) mass is 380 g/mol. The lowest BCUT2D eigenvalue weighted by Gasteiger charge is -2.14. The lowest BCUT2D eigenvalue weighted by atomic mass is 10.1. The van der Waals surface area contributed by atoms with E-state index < -0.39 is 17.6 Å². The van der Waals surface area contributed by atoms with Crippen molar-refractivity contribution in [1.29, 1.82) is 0 Å². The van der Waals surface area contributed by atoms with Gasteiger partial charge in [-0.3, -0.25) is 20.4 Å². The molecule has 0 aliphatic rings. The maximum Gasteiger partial charge on any atom is 0.418 e. The molecule has 0 spiro atoms. The van der Waals surface area contributed by atoms with Gasteiger partial charge >= 0.3 is 6.18 Å². The Bertz CT molecular complexity index is 790. The van der Waals surface area contributed by atoms with Crippen molar-refractivity contribution in [3.63, 3.8) is 0 Å². The fourth-order valence-electron chi connectivity index (χ4n) is 2.31. The van der Waals surface area contributed by atoms with E-state index in [1.807, 2.05) is 6.92 Å². The molecule has 0 saturated carbocycles. The smallest absolute Gasteiger partial charge is 0.418 e. The van der Waals surface area contributed by atoms with Gasteiger partial charge in [0.25, 0.3) is 0 Å². The van der Waals surface area contributed by atoms with E-state index in [9.17, 15) is 22.8 Å². The maximum atomic E-state index is 12.9. The number of hydrogen-bond acceptors (Lipinski definition) is 4. The molecule has 2 aromatic rings. The van der Waals surface area contributed by atoms with Gasteiger partial charge in [0.2, 0.25) is 5.91 Å². The van der Waals surface area contributed by atoms with Crippen LogP contribution in [-0.2, 0) is 11.0 Å². The molecule has 0 bridgehead atoms. The first-order chi connectivity index (χ1) is 12.8. The topological polar surface area (TPSA) is 67.4 Å². The molecule has 0 aliphatic carbocycles. The zero-order valence-electron chi connectivity index (χ0n) is 14.6. The van der Waals surface area contributed by atoms with Crippen LogP contribution in [0, 0.1) is 0 Å². The Morgan fingerprint density at radius 1 is 1.00 bits per heavy atom. The van der Waals surface area contributed by atoms with Crippen molar-refractivity contribution in [2.24, 2.45) is 0 Å². The highest BCUT2D eigenvalue weighted by atomic mass is 19.4. The van der Waals surface area contributed by atoms with Gasteiger partial charge in [-0.05, 0) is 43.3 Å². The van der Waals surface area contributed by atoms with Gasteiger partial charge in [0.05, 0.1) is 17.9 Å². The van der Waals surface area contributed by atoms with Gasteiger partial charge in [-0.25, -0.2) is 0 Å². The van der Waals surface area contributed by atoms with E-state index in [4.69, 9.17) is 4.74 Å². The summed E-state index contributed by atoms with van der Waals surface area (Å²) in [5.41, 5.74) is 3.71. The van der Waals surface area contributed by atoms with Crippen LogP contribution in [0.3, 0.4) is 0 Å². The van der Waals surface area contributed by atoms with Crippen molar-refractivity contribution >= 4 is 17.4 Å². The molecule has 1 amide bonds. The molecule has 0 saturated heterocycles. The summed E-state index contributed by atoms with van der Waals surface area (Å²) < 4.78 is 43.9. The fourth-order valence-corrected chi connectivity index (χ4v) is 2.31. The molecule has 0 unspecified atom stereocenters. The van der Waals surface area contributed by atoms with E-state index in [0.29, 0.717) is 17.9 Å². The van der Waals surface area contributed by atoms with Crippen molar-refractivity contribution < 1.29 is 27.5 Å². The number of anilines is 1. The molecule has 27 heavy (non-hydrogen) atoms. The van der Waals surface area contributed by atoms with Crippen LogP contribution in [0.5, 0.6) is 5.75 Å². The van der Waals surface area contributed by atoms with Crippen LogP contribution in [0.4, 0.5) is 18.9 Å².